The normalized spacial score (nSPS) is 24.7. The van der Waals surface area contributed by atoms with Crippen LogP contribution in [0.25, 0.3) is 0 Å². The molecule has 0 spiro atoms. The smallest absolute Gasteiger partial charge is 0.322 e. The van der Waals surface area contributed by atoms with Gasteiger partial charge in [-0.3, -0.25) is 9.69 Å². The van der Waals surface area contributed by atoms with Crippen LogP contribution < -0.4 is 5.32 Å². The van der Waals surface area contributed by atoms with Crippen LogP contribution in [-0.2, 0) is 21.5 Å². The van der Waals surface area contributed by atoms with E-state index < -0.39 is 16.9 Å². The number of hydrogen-bond donors (Lipinski definition) is 2. The molecule has 1 saturated carbocycles. The topological polar surface area (TPSA) is 78.9 Å². The Bertz CT molecular complexity index is 1010. The van der Waals surface area contributed by atoms with Crippen LogP contribution in [0.2, 0.25) is 5.02 Å². The first-order valence-electron chi connectivity index (χ1n) is 13.0. The van der Waals surface area contributed by atoms with Crippen molar-refractivity contribution >= 4 is 23.6 Å². The number of carbonyl (C=O) groups is 2. The molecule has 6 nitrogen and oxygen atoms in total. The Balaban J connectivity index is 1.97. The molecule has 0 saturated heterocycles. The summed E-state index contributed by atoms with van der Waals surface area (Å²) in [5.74, 6) is -0.368. The van der Waals surface area contributed by atoms with Crippen LogP contribution in [0.4, 0.5) is 4.79 Å². The molecule has 0 radical (unpaired) electrons. The van der Waals surface area contributed by atoms with Gasteiger partial charge in [-0.1, -0.05) is 58.4 Å². The summed E-state index contributed by atoms with van der Waals surface area (Å²) in [6.45, 7) is 13.5. The van der Waals surface area contributed by atoms with E-state index in [0.29, 0.717) is 24.0 Å². The van der Waals surface area contributed by atoms with Crippen molar-refractivity contribution in [3.8, 4) is 0 Å². The monoisotopic (exact) mass is 518 g/mol. The predicted molar refractivity (Wildman–Crippen MR) is 144 cm³/mol. The van der Waals surface area contributed by atoms with Gasteiger partial charge in [-0.05, 0) is 78.5 Å². The fourth-order valence-electron chi connectivity index (χ4n) is 5.45. The van der Waals surface area contributed by atoms with Crippen LogP contribution in [0.5, 0.6) is 0 Å². The molecule has 1 aliphatic heterocycles. The molecule has 1 atom stereocenters. The van der Waals surface area contributed by atoms with Gasteiger partial charge in [0.1, 0.15) is 0 Å². The van der Waals surface area contributed by atoms with E-state index in [1.165, 1.54) is 0 Å². The second-order valence-electron chi connectivity index (χ2n) is 12.6. The van der Waals surface area contributed by atoms with Gasteiger partial charge in [0.05, 0.1) is 5.54 Å². The Morgan fingerprint density at radius 3 is 2.44 bits per heavy atom. The molecule has 1 heterocycles. The van der Waals surface area contributed by atoms with Gasteiger partial charge in [0, 0.05) is 37.4 Å². The van der Waals surface area contributed by atoms with Crippen molar-refractivity contribution in [1.82, 2.24) is 10.2 Å². The predicted octanol–water partition coefficient (Wildman–Crippen LogP) is 6.76. The fourth-order valence-corrected chi connectivity index (χ4v) is 5.72. The maximum absolute atomic E-state index is 13.4. The van der Waals surface area contributed by atoms with E-state index >= 15 is 0 Å². The minimum atomic E-state index is -0.824. The van der Waals surface area contributed by atoms with E-state index in [0.717, 1.165) is 42.4 Å². The third-order valence-electron chi connectivity index (χ3n) is 7.87. The molecule has 1 aromatic rings. The number of ether oxygens (including phenoxy) is 1. The molecule has 7 heteroatoms. The lowest BCUT2D eigenvalue weighted by Crippen LogP contribution is -2.60. The zero-order chi connectivity index (χ0) is 26.9. The van der Waals surface area contributed by atoms with Gasteiger partial charge in [0.25, 0.3) is 0 Å². The molecule has 1 aliphatic carbocycles. The van der Waals surface area contributed by atoms with Crippen molar-refractivity contribution in [2.24, 2.45) is 16.7 Å². The summed E-state index contributed by atoms with van der Waals surface area (Å²) in [4.78, 5) is 26.6. The molecule has 0 bridgehead atoms. The van der Waals surface area contributed by atoms with E-state index in [1.807, 2.05) is 24.1 Å². The Labute approximate surface area is 221 Å². The molecular formula is C29H43ClN2O4. The van der Waals surface area contributed by atoms with Crippen LogP contribution in [-0.4, -0.2) is 41.8 Å². The van der Waals surface area contributed by atoms with Crippen LogP contribution >= 0.6 is 11.6 Å². The van der Waals surface area contributed by atoms with Gasteiger partial charge in [-0.25, -0.2) is 4.79 Å². The van der Waals surface area contributed by atoms with Crippen molar-refractivity contribution in [3.63, 3.8) is 0 Å². The quantitative estimate of drug-likeness (QED) is 0.358. The van der Waals surface area contributed by atoms with E-state index in [4.69, 9.17) is 16.3 Å². The number of amides is 2. The number of aliphatic carboxylic acids is 1. The average Bonchev–Trinajstić information content (AvgIpc) is 2.73. The molecule has 3 rings (SSSR count). The lowest BCUT2D eigenvalue weighted by atomic mass is 9.68. The summed E-state index contributed by atoms with van der Waals surface area (Å²) in [7, 11) is 1.70. The zero-order valence-corrected chi connectivity index (χ0v) is 23.7. The lowest BCUT2D eigenvalue weighted by molar-refractivity contribution is -0.137. The number of benzene rings is 1. The van der Waals surface area contributed by atoms with Crippen LogP contribution in [0.1, 0.15) is 84.8 Å². The van der Waals surface area contributed by atoms with Gasteiger partial charge in [0.2, 0.25) is 0 Å². The number of halogens is 1. The third-order valence-corrected chi connectivity index (χ3v) is 8.22. The minimum absolute atomic E-state index is 0.0558. The largest absolute Gasteiger partial charge is 0.481 e. The molecular weight excluding hydrogens is 476 g/mol. The fraction of sp³-hybridized carbons (Fsp3) is 0.655. The van der Waals surface area contributed by atoms with Gasteiger partial charge >= 0.3 is 12.0 Å². The SMILES string of the molecule is COC[C@H]1C[C@H](N2C=C(C(C)(C)CCC(=O)O)[C@](C)(c3ccc(CCC(C)(C)C)c(Cl)c3)NC2=O)C1. The highest BCUT2D eigenvalue weighted by Gasteiger charge is 2.47. The van der Waals surface area contributed by atoms with E-state index in [2.05, 4.69) is 52.1 Å². The van der Waals surface area contributed by atoms with E-state index in [1.54, 1.807) is 7.11 Å². The number of methoxy groups -OCH3 is 1. The number of rotatable bonds is 10. The van der Waals surface area contributed by atoms with Gasteiger partial charge in [-0.2, -0.15) is 0 Å². The summed E-state index contributed by atoms with van der Waals surface area (Å²) in [6.07, 6.45) is 6.19. The number of carboxylic acid groups (broad SMARTS) is 1. The maximum atomic E-state index is 13.4. The molecule has 0 unspecified atom stereocenters. The Morgan fingerprint density at radius 2 is 1.89 bits per heavy atom. The molecule has 2 amide bonds. The third kappa shape index (κ3) is 6.44. The van der Waals surface area contributed by atoms with Gasteiger partial charge < -0.3 is 15.2 Å². The van der Waals surface area contributed by atoms with Crippen molar-refractivity contribution in [1.29, 1.82) is 0 Å². The van der Waals surface area contributed by atoms with Crippen LogP contribution in [0, 0.1) is 16.7 Å². The highest BCUT2D eigenvalue weighted by molar-refractivity contribution is 6.31. The molecule has 200 valence electrons. The molecule has 0 aromatic heterocycles. The zero-order valence-electron chi connectivity index (χ0n) is 22.9. The Morgan fingerprint density at radius 1 is 1.22 bits per heavy atom. The second-order valence-corrected chi connectivity index (χ2v) is 13.0. The van der Waals surface area contributed by atoms with Crippen molar-refractivity contribution in [2.75, 3.05) is 13.7 Å². The minimum Gasteiger partial charge on any atom is -0.481 e. The second kappa shape index (κ2) is 10.7. The van der Waals surface area contributed by atoms with E-state index in [9.17, 15) is 14.7 Å². The first kappa shape index (κ1) is 28.5. The summed E-state index contributed by atoms with van der Waals surface area (Å²) in [5, 5.41) is 13.4. The summed E-state index contributed by atoms with van der Waals surface area (Å²) in [5.41, 5.74) is 1.92. The molecule has 2 aliphatic rings. The Kier molecular flexibility index (Phi) is 8.51. The first-order chi connectivity index (χ1) is 16.7. The first-order valence-corrected chi connectivity index (χ1v) is 13.4. The van der Waals surface area contributed by atoms with Crippen molar-refractivity contribution < 1.29 is 19.4 Å². The van der Waals surface area contributed by atoms with Gasteiger partial charge in [0.15, 0.2) is 0 Å². The number of carboxylic acids is 1. The molecule has 36 heavy (non-hydrogen) atoms. The van der Waals surface area contributed by atoms with Crippen LogP contribution in [0.3, 0.4) is 0 Å². The Hall–Kier alpha value is -2.05. The van der Waals surface area contributed by atoms with Crippen molar-refractivity contribution in [3.05, 3.63) is 46.1 Å². The number of nitrogens with zero attached hydrogens (tertiary/aromatic N) is 1. The summed E-state index contributed by atoms with van der Waals surface area (Å²) in [6, 6.07) is 6.07. The number of nitrogens with one attached hydrogen (secondary N) is 1. The molecule has 1 aromatic carbocycles. The standard InChI is InChI=1S/C29H43ClN2O4/c1-27(2,3)12-10-20-8-9-21(16-23(20)30)29(6)24(28(4,5)13-11-25(33)34)17-32(26(35)31-29)22-14-19(15-22)18-36-7/h8-9,16-17,19,22H,10-15,18H2,1-7H3,(H,31,35)(H,33,34)/t19-,22-,29-/m0/s1. The number of carbonyl (C=O) groups excluding carboxylic acids is 1. The number of urea groups is 1. The highest BCUT2D eigenvalue weighted by Crippen LogP contribution is 2.47. The molecule has 1 fully saturated rings. The highest BCUT2D eigenvalue weighted by atomic mass is 35.5. The average molecular weight is 519 g/mol. The summed E-state index contributed by atoms with van der Waals surface area (Å²) >= 11 is 6.76. The van der Waals surface area contributed by atoms with Gasteiger partial charge in [-0.15, -0.1) is 0 Å². The maximum Gasteiger partial charge on any atom is 0.322 e. The van der Waals surface area contributed by atoms with Crippen molar-refractivity contribution in [2.45, 2.75) is 91.6 Å². The van der Waals surface area contributed by atoms with Crippen LogP contribution in [0.15, 0.2) is 30.0 Å². The number of hydrogen-bond acceptors (Lipinski definition) is 3. The summed E-state index contributed by atoms with van der Waals surface area (Å²) < 4.78 is 5.28. The molecule has 2 N–H and O–H groups in total. The lowest BCUT2D eigenvalue weighted by Gasteiger charge is -2.50. The number of aryl methyl sites for hydroxylation is 1. The van der Waals surface area contributed by atoms with E-state index in [-0.39, 0.29) is 23.9 Å².